The summed E-state index contributed by atoms with van der Waals surface area (Å²) in [4.78, 5) is 12.0. The van der Waals surface area contributed by atoms with Gasteiger partial charge in [0.2, 0.25) is 5.91 Å². The number of rotatable bonds is 6. The van der Waals surface area contributed by atoms with Gasteiger partial charge in [-0.15, -0.1) is 0 Å². The summed E-state index contributed by atoms with van der Waals surface area (Å²) in [6, 6.07) is 0. The molecule has 166 valence electrons. The molecule has 8 atom stereocenters. The number of amides is 1. The summed E-state index contributed by atoms with van der Waals surface area (Å²) in [6.07, 6.45) is 14.6. The highest BCUT2D eigenvalue weighted by Crippen LogP contribution is 2.67. The fourth-order valence-corrected chi connectivity index (χ4v) is 8.74. The second kappa shape index (κ2) is 8.73. The van der Waals surface area contributed by atoms with Gasteiger partial charge in [-0.2, -0.15) is 12.6 Å². The standard InChI is InChI=1S/C25H43NO2S/c1-24-12-4-3-6-18(24)16-21(27)23-19-10-9-17(25(19,2)13-11-20(23)24)7-5-8-22(28)26-14-15-29/h17-21,23,27,29H,3-16H2,1-2H3,(H,26,28). The topological polar surface area (TPSA) is 49.3 Å². The van der Waals surface area contributed by atoms with Crippen molar-refractivity contribution in [2.45, 2.75) is 97.0 Å². The number of aliphatic hydroxyl groups is 1. The fraction of sp³-hybridized carbons (Fsp3) is 0.960. The maximum Gasteiger partial charge on any atom is 0.220 e. The molecule has 0 aliphatic heterocycles. The van der Waals surface area contributed by atoms with Crippen molar-refractivity contribution in [2.24, 2.45) is 40.4 Å². The number of carbonyl (C=O) groups is 1. The van der Waals surface area contributed by atoms with E-state index in [-0.39, 0.29) is 12.0 Å². The van der Waals surface area contributed by atoms with Crippen LogP contribution in [-0.2, 0) is 4.79 Å². The molecule has 4 aliphatic rings. The van der Waals surface area contributed by atoms with Crippen molar-refractivity contribution in [2.75, 3.05) is 12.3 Å². The summed E-state index contributed by atoms with van der Waals surface area (Å²) in [6.45, 7) is 5.79. The molecule has 0 spiro atoms. The molecule has 0 radical (unpaired) electrons. The predicted molar refractivity (Wildman–Crippen MR) is 122 cm³/mol. The molecule has 0 aromatic carbocycles. The number of fused-ring (bicyclic) bond motifs is 5. The molecule has 8 unspecified atom stereocenters. The highest BCUT2D eigenvalue weighted by Gasteiger charge is 2.61. The number of hydrogen-bond donors (Lipinski definition) is 3. The van der Waals surface area contributed by atoms with Crippen LogP contribution in [0.4, 0.5) is 0 Å². The molecule has 0 aromatic rings. The van der Waals surface area contributed by atoms with Crippen LogP contribution in [0.2, 0.25) is 0 Å². The second-order valence-electron chi connectivity index (χ2n) is 11.3. The number of aliphatic hydroxyl groups excluding tert-OH is 1. The van der Waals surface area contributed by atoms with Gasteiger partial charge in [0.15, 0.2) is 0 Å². The molecule has 4 aliphatic carbocycles. The molecular weight excluding hydrogens is 378 g/mol. The van der Waals surface area contributed by atoms with Gasteiger partial charge in [0.1, 0.15) is 0 Å². The van der Waals surface area contributed by atoms with E-state index < -0.39 is 0 Å². The van der Waals surface area contributed by atoms with E-state index in [0.717, 1.165) is 30.6 Å². The van der Waals surface area contributed by atoms with E-state index in [1.165, 1.54) is 57.8 Å². The van der Waals surface area contributed by atoms with Gasteiger partial charge in [-0.1, -0.05) is 26.7 Å². The summed E-state index contributed by atoms with van der Waals surface area (Å²) in [5, 5.41) is 14.2. The van der Waals surface area contributed by atoms with Gasteiger partial charge in [0, 0.05) is 18.7 Å². The Labute approximate surface area is 183 Å². The average Bonchev–Trinajstić information content (AvgIpc) is 3.03. The van der Waals surface area contributed by atoms with Crippen molar-refractivity contribution in [3.8, 4) is 0 Å². The molecule has 4 fully saturated rings. The number of thiol groups is 1. The highest BCUT2D eigenvalue weighted by atomic mass is 32.1. The van der Waals surface area contributed by atoms with Crippen LogP contribution in [0.15, 0.2) is 0 Å². The van der Waals surface area contributed by atoms with Crippen LogP contribution in [0.3, 0.4) is 0 Å². The quantitative estimate of drug-likeness (QED) is 0.515. The minimum atomic E-state index is -0.0773. The van der Waals surface area contributed by atoms with Crippen LogP contribution in [-0.4, -0.2) is 29.4 Å². The zero-order valence-corrected chi connectivity index (χ0v) is 19.6. The first-order chi connectivity index (χ1) is 13.9. The molecule has 29 heavy (non-hydrogen) atoms. The lowest BCUT2D eigenvalue weighted by atomic mass is 9.44. The molecule has 0 aromatic heterocycles. The molecule has 2 N–H and O–H groups in total. The number of nitrogens with one attached hydrogen (secondary N) is 1. The van der Waals surface area contributed by atoms with Crippen LogP contribution in [0.1, 0.15) is 90.9 Å². The summed E-state index contributed by atoms with van der Waals surface area (Å²) in [5.41, 5.74) is 0.855. The second-order valence-corrected chi connectivity index (χ2v) is 11.8. The Bertz CT molecular complexity index is 597. The smallest absolute Gasteiger partial charge is 0.220 e. The largest absolute Gasteiger partial charge is 0.393 e. The molecule has 1 amide bonds. The molecular formula is C25H43NO2S. The minimum absolute atomic E-state index is 0.0773. The van der Waals surface area contributed by atoms with Gasteiger partial charge in [-0.05, 0) is 98.2 Å². The van der Waals surface area contributed by atoms with Crippen LogP contribution in [0.25, 0.3) is 0 Å². The van der Waals surface area contributed by atoms with Crippen molar-refractivity contribution in [3.05, 3.63) is 0 Å². The third kappa shape index (κ3) is 3.90. The Kier molecular flexibility index (Phi) is 6.62. The van der Waals surface area contributed by atoms with Crippen LogP contribution >= 0.6 is 12.6 Å². The van der Waals surface area contributed by atoms with Gasteiger partial charge in [-0.3, -0.25) is 4.79 Å². The lowest BCUT2D eigenvalue weighted by Crippen LogP contribution is -2.57. The molecule has 4 heteroatoms. The summed E-state index contributed by atoms with van der Waals surface area (Å²) < 4.78 is 0. The van der Waals surface area contributed by atoms with Gasteiger partial charge < -0.3 is 10.4 Å². The summed E-state index contributed by atoms with van der Waals surface area (Å²) >= 11 is 4.16. The lowest BCUT2D eigenvalue weighted by Gasteiger charge is -2.62. The van der Waals surface area contributed by atoms with Crippen LogP contribution in [0, 0.1) is 40.4 Å². The molecule has 4 saturated carbocycles. The Morgan fingerprint density at radius 1 is 1.07 bits per heavy atom. The normalized spacial score (nSPS) is 46.5. The molecule has 3 nitrogen and oxygen atoms in total. The first-order valence-electron chi connectivity index (χ1n) is 12.5. The third-order valence-corrected chi connectivity index (χ3v) is 10.4. The van der Waals surface area contributed by atoms with Gasteiger partial charge >= 0.3 is 0 Å². The Hall–Kier alpha value is -0.220. The minimum Gasteiger partial charge on any atom is -0.393 e. The van der Waals surface area contributed by atoms with E-state index in [4.69, 9.17) is 0 Å². The van der Waals surface area contributed by atoms with Crippen LogP contribution < -0.4 is 5.32 Å². The zero-order valence-electron chi connectivity index (χ0n) is 18.7. The van der Waals surface area contributed by atoms with E-state index >= 15 is 0 Å². The third-order valence-electron chi connectivity index (χ3n) is 10.2. The van der Waals surface area contributed by atoms with E-state index in [2.05, 4.69) is 31.8 Å². The van der Waals surface area contributed by atoms with E-state index in [1.54, 1.807) is 0 Å². The first kappa shape index (κ1) is 22.0. The van der Waals surface area contributed by atoms with Crippen molar-refractivity contribution < 1.29 is 9.90 Å². The van der Waals surface area contributed by atoms with E-state index in [9.17, 15) is 9.90 Å². The van der Waals surface area contributed by atoms with Gasteiger partial charge in [0.05, 0.1) is 6.10 Å². The SMILES string of the molecule is CC12CCC3C(C(O)CC4CCCCC43C)C1CCC2CCCC(=O)NCCS. The van der Waals surface area contributed by atoms with Gasteiger partial charge in [0.25, 0.3) is 0 Å². The Morgan fingerprint density at radius 3 is 2.66 bits per heavy atom. The van der Waals surface area contributed by atoms with Gasteiger partial charge in [-0.25, -0.2) is 0 Å². The van der Waals surface area contributed by atoms with Crippen molar-refractivity contribution in [3.63, 3.8) is 0 Å². The van der Waals surface area contributed by atoms with Crippen LogP contribution in [0.5, 0.6) is 0 Å². The predicted octanol–water partition coefficient (Wildman–Crippen LogP) is 5.22. The molecule has 0 bridgehead atoms. The maximum absolute atomic E-state index is 12.0. The summed E-state index contributed by atoms with van der Waals surface area (Å²) in [5.74, 6) is 4.33. The molecule has 4 rings (SSSR count). The maximum atomic E-state index is 12.0. The Morgan fingerprint density at radius 2 is 1.86 bits per heavy atom. The lowest BCUT2D eigenvalue weighted by molar-refractivity contribution is -0.162. The first-order valence-corrected chi connectivity index (χ1v) is 13.1. The van der Waals surface area contributed by atoms with E-state index in [0.29, 0.717) is 41.4 Å². The average molecular weight is 422 g/mol. The Balaban J connectivity index is 1.42. The van der Waals surface area contributed by atoms with E-state index in [1.807, 2.05) is 0 Å². The van der Waals surface area contributed by atoms with Crippen molar-refractivity contribution >= 4 is 18.5 Å². The summed E-state index contributed by atoms with van der Waals surface area (Å²) in [7, 11) is 0. The van der Waals surface area contributed by atoms with Crippen molar-refractivity contribution in [1.29, 1.82) is 0 Å². The molecule has 0 saturated heterocycles. The number of carbonyl (C=O) groups excluding carboxylic acids is 1. The highest BCUT2D eigenvalue weighted by molar-refractivity contribution is 7.80. The number of hydrogen-bond acceptors (Lipinski definition) is 3. The molecule has 0 heterocycles. The fourth-order valence-electron chi connectivity index (χ4n) is 8.63. The monoisotopic (exact) mass is 421 g/mol. The van der Waals surface area contributed by atoms with Crippen molar-refractivity contribution in [1.82, 2.24) is 5.32 Å². The zero-order chi connectivity index (χ0) is 20.6.